The van der Waals surface area contributed by atoms with Gasteiger partial charge in [0.25, 0.3) is 0 Å². The van der Waals surface area contributed by atoms with E-state index in [4.69, 9.17) is 13.9 Å². The molecule has 0 unspecified atom stereocenters. The minimum absolute atomic E-state index is 0.261. The first-order chi connectivity index (χ1) is 12.8. The Balaban J connectivity index is 1.91. The fourth-order valence-electron chi connectivity index (χ4n) is 3.08. The Kier molecular flexibility index (Phi) is 5.47. The van der Waals surface area contributed by atoms with Crippen molar-refractivity contribution in [2.75, 3.05) is 6.61 Å². The molecule has 2 aromatic rings. The number of aliphatic hydroxyl groups excluding tert-OH is 3. The molecule has 0 radical (unpaired) electrons. The quantitative estimate of drug-likeness (QED) is 0.518. The van der Waals surface area contributed by atoms with Gasteiger partial charge in [0, 0.05) is 24.4 Å². The van der Waals surface area contributed by atoms with Gasteiger partial charge >= 0.3 is 5.63 Å². The molecule has 0 bridgehead atoms. The maximum Gasteiger partial charge on any atom is 0.336 e. The highest BCUT2D eigenvalue weighted by molar-refractivity contribution is 5.81. The van der Waals surface area contributed by atoms with Crippen molar-refractivity contribution in [3.8, 4) is 5.75 Å². The number of aliphatic hydroxyl groups is 3. The van der Waals surface area contributed by atoms with Crippen LogP contribution in [0.15, 0.2) is 33.5 Å². The molecule has 0 saturated carbocycles. The van der Waals surface area contributed by atoms with E-state index in [1.54, 1.807) is 19.1 Å². The average Bonchev–Trinajstić information content (AvgIpc) is 2.60. The van der Waals surface area contributed by atoms with Gasteiger partial charge in [-0.05, 0) is 24.6 Å². The van der Waals surface area contributed by atoms with Crippen molar-refractivity contribution in [1.29, 1.82) is 0 Å². The lowest BCUT2D eigenvalue weighted by Crippen LogP contribution is -2.65. The van der Waals surface area contributed by atoms with Crippen LogP contribution in [0.3, 0.4) is 0 Å². The number of fused-ring (bicyclic) bond motifs is 1. The maximum absolute atomic E-state index is 11.6. The number of nitrogens with one attached hydrogen (secondary N) is 1. The number of amides is 1. The molecule has 0 spiro atoms. The molecule has 1 aliphatic heterocycles. The number of rotatable bonds is 4. The Bertz CT molecular complexity index is 895. The zero-order valence-electron chi connectivity index (χ0n) is 14.8. The molecule has 1 fully saturated rings. The lowest BCUT2D eigenvalue weighted by molar-refractivity contribution is -0.244. The summed E-state index contributed by atoms with van der Waals surface area (Å²) < 4.78 is 16.4. The number of benzene rings is 1. The molecule has 0 aliphatic carbocycles. The van der Waals surface area contributed by atoms with Crippen LogP contribution in [-0.4, -0.2) is 58.5 Å². The van der Waals surface area contributed by atoms with Gasteiger partial charge in [-0.3, -0.25) is 4.79 Å². The lowest BCUT2D eigenvalue weighted by atomic mass is 9.97. The van der Waals surface area contributed by atoms with E-state index >= 15 is 0 Å². The molecule has 9 nitrogen and oxygen atoms in total. The average molecular weight is 379 g/mol. The fraction of sp³-hybridized carbons (Fsp3) is 0.444. The van der Waals surface area contributed by atoms with E-state index in [0.717, 1.165) is 10.9 Å². The van der Waals surface area contributed by atoms with Crippen LogP contribution in [0.2, 0.25) is 0 Å². The summed E-state index contributed by atoms with van der Waals surface area (Å²) in [6.45, 7) is 2.48. The smallest absolute Gasteiger partial charge is 0.336 e. The summed E-state index contributed by atoms with van der Waals surface area (Å²) in [7, 11) is 0. The Morgan fingerprint density at radius 3 is 2.67 bits per heavy atom. The summed E-state index contributed by atoms with van der Waals surface area (Å²) >= 11 is 0. The van der Waals surface area contributed by atoms with E-state index in [-0.39, 0.29) is 5.75 Å². The van der Waals surface area contributed by atoms with E-state index in [2.05, 4.69) is 5.32 Å². The molecule has 9 heteroatoms. The number of hydrogen-bond donors (Lipinski definition) is 4. The van der Waals surface area contributed by atoms with E-state index in [1.807, 2.05) is 0 Å². The van der Waals surface area contributed by atoms with Crippen molar-refractivity contribution < 1.29 is 34.0 Å². The molecular formula is C18H21NO8. The second-order valence-electron chi connectivity index (χ2n) is 6.46. The predicted molar refractivity (Wildman–Crippen MR) is 93.2 cm³/mol. The van der Waals surface area contributed by atoms with E-state index < -0.39 is 48.8 Å². The van der Waals surface area contributed by atoms with Gasteiger partial charge in [0.15, 0.2) is 0 Å². The molecule has 2 heterocycles. The van der Waals surface area contributed by atoms with Gasteiger partial charge in [0.2, 0.25) is 12.2 Å². The SMILES string of the molecule is CC(=O)N[C@@H]1[C@@H](Oc2ccc3c(C)cc(=O)oc3c2)O[C@H](CO)[C@H](O)[C@H]1O. The molecule has 5 atom stereocenters. The van der Waals surface area contributed by atoms with Gasteiger partial charge in [-0.15, -0.1) is 0 Å². The van der Waals surface area contributed by atoms with Gasteiger partial charge in [0.1, 0.15) is 35.7 Å². The van der Waals surface area contributed by atoms with Crippen molar-refractivity contribution in [1.82, 2.24) is 5.32 Å². The number of hydrogen-bond acceptors (Lipinski definition) is 8. The van der Waals surface area contributed by atoms with Gasteiger partial charge in [0.05, 0.1) is 6.61 Å². The van der Waals surface area contributed by atoms with E-state index in [1.165, 1.54) is 19.1 Å². The highest BCUT2D eigenvalue weighted by Crippen LogP contribution is 2.27. The first-order valence-corrected chi connectivity index (χ1v) is 8.41. The molecular weight excluding hydrogens is 358 g/mol. The number of ether oxygens (including phenoxy) is 2. The third kappa shape index (κ3) is 3.96. The molecule has 27 heavy (non-hydrogen) atoms. The second kappa shape index (κ2) is 7.65. The van der Waals surface area contributed by atoms with Crippen LogP contribution in [0.25, 0.3) is 11.0 Å². The summed E-state index contributed by atoms with van der Waals surface area (Å²) in [5.41, 5.74) is 0.557. The summed E-state index contributed by atoms with van der Waals surface area (Å²) in [6.07, 6.45) is -5.08. The third-order valence-corrected chi connectivity index (χ3v) is 4.43. The van der Waals surface area contributed by atoms with Crippen LogP contribution in [0.1, 0.15) is 12.5 Å². The van der Waals surface area contributed by atoms with E-state index in [9.17, 15) is 24.9 Å². The first-order valence-electron chi connectivity index (χ1n) is 8.41. The van der Waals surface area contributed by atoms with Crippen LogP contribution in [0, 0.1) is 6.92 Å². The third-order valence-electron chi connectivity index (χ3n) is 4.43. The van der Waals surface area contributed by atoms with Crippen LogP contribution in [-0.2, 0) is 9.53 Å². The number of carbonyl (C=O) groups excluding carboxylic acids is 1. The number of aryl methyl sites for hydroxylation is 1. The van der Waals surface area contributed by atoms with Crippen molar-refractivity contribution in [2.24, 2.45) is 0 Å². The standard InChI is InChI=1S/C18H21NO8/c1-8-5-14(22)26-12-6-10(3-4-11(8)12)25-18-15(19-9(2)21)17(24)16(23)13(7-20)27-18/h3-6,13,15-18,20,23-24H,7H2,1-2H3,(H,19,21)/t13-,15+,16+,17+,18+/m1/s1. The molecule has 1 aromatic heterocycles. The molecule has 1 amide bonds. The monoisotopic (exact) mass is 379 g/mol. The van der Waals surface area contributed by atoms with Crippen molar-refractivity contribution >= 4 is 16.9 Å². The van der Waals surface area contributed by atoms with Crippen molar-refractivity contribution in [3.63, 3.8) is 0 Å². The summed E-state index contributed by atoms with van der Waals surface area (Å²) in [4.78, 5) is 23.0. The van der Waals surface area contributed by atoms with Crippen molar-refractivity contribution in [2.45, 2.75) is 44.5 Å². The number of carbonyl (C=O) groups is 1. The Hall–Kier alpha value is -2.46. The lowest BCUT2D eigenvalue weighted by Gasteiger charge is -2.42. The van der Waals surface area contributed by atoms with Crippen molar-refractivity contribution in [3.05, 3.63) is 40.2 Å². The first kappa shape index (κ1) is 19.3. The second-order valence-corrected chi connectivity index (χ2v) is 6.46. The molecule has 1 aromatic carbocycles. The Morgan fingerprint density at radius 2 is 2.00 bits per heavy atom. The predicted octanol–water partition coefficient (Wildman–Crippen LogP) is -0.576. The van der Waals surface area contributed by atoms with Crippen LogP contribution in [0.4, 0.5) is 0 Å². The minimum atomic E-state index is -1.41. The Morgan fingerprint density at radius 1 is 1.26 bits per heavy atom. The van der Waals surface area contributed by atoms with Crippen LogP contribution < -0.4 is 15.7 Å². The zero-order valence-corrected chi connectivity index (χ0v) is 14.8. The molecule has 3 rings (SSSR count). The van der Waals surface area contributed by atoms with Crippen LogP contribution in [0.5, 0.6) is 5.75 Å². The molecule has 1 aliphatic rings. The Labute approximate surface area is 154 Å². The summed E-state index contributed by atoms with van der Waals surface area (Å²) in [5, 5.41) is 32.9. The van der Waals surface area contributed by atoms with Crippen LogP contribution >= 0.6 is 0 Å². The minimum Gasteiger partial charge on any atom is -0.462 e. The maximum atomic E-state index is 11.6. The van der Waals surface area contributed by atoms with Gasteiger partial charge in [-0.25, -0.2) is 4.79 Å². The highest BCUT2D eigenvalue weighted by Gasteiger charge is 2.46. The fourth-order valence-corrected chi connectivity index (χ4v) is 3.08. The molecule has 4 N–H and O–H groups in total. The van der Waals surface area contributed by atoms with Gasteiger partial charge in [-0.2, -0.15) is 0 Å². The molecule has 1 saturated heterocycles. The largest absolute Gasteiger partial charge is 0.462 e. The molecule has 146 valence electrons. The van der Waals surface area contributed by atoms with E-state index in [0.29, 0.717) is 5.58 Å². The zero-order chi connectivity index (χ0) is 19.7. The summed E-state index contributed by atoms with van der Waals surface area (Å²) in [5.74, 6) is -0.192. The normalized spacial score (nSPS) is 28.1. The topological polar surface area (TPSA) is 138 Å². The van der Waals surface area contributed by atoms with Gasteiger partial charge < -0.3 is 34.5 Å². The van der Waals surface area contributed by atoms with Gasteiger partial charge in [-0.1, -0.05) is 0 Å². The highest BCUT2D eigenvalue weighted by atomic mass is 16.7. The summed E-state index contributed by atoms with van der Waals surface area (Å²) in [6, 6.07) is 5.12.